The molecule has 0 saturated heterocycles. The summed E-state index contributed by atoms with van der Waals surface area (Å²) in [6.45, 7) is 0. The summed E-state index contributed by atoms with van der Waals surface area (Å²) < 4.78 is 2.74. The van der Waals surface area contributed by atoms with Gasteiger partial charge in [0.25, 0.3) is 5.56 Å². The van der Waals surface area contributed by atoms with Crippen molar-refractivity contribution in [1.29, 1.82) is 0 Å². The van der Waals surface area contributed by atoms with Gasteiger partial charge in [-0.25, -0.2) is 19.9 Å². The highest BCUT2D eigenvalue weighted by atomic mass is 32.1. The molecule has 6 aromatic carbocycles. The van der Waals surface area contributed by atoms with Crippen LogP contribution in [0.4, 0.5) is 0 Å². The zero-order valence-corrected chi connectivity index (χ0v) is 26.3. The Morgan fingerprint density at radius 2 is 0.938 bits per heavy atom. The van der Waals surface area contributed by atoms with E-state index >= 15 is 0 Å². The summed E-state index contributed by atoms with van der Waals surface area (Å²) in [4.78, 5) is 33.5. The summed E-state index contributed by atoms with van der Waals surface area (Å²) in [6, 6.07) is 50.6. The average Bonchev–Trinajstić information content (AvgIpc) is 3.53. The van der Waals surface area contributed by atoms with Gasteiger partial charge in [-0.2, -0.15) is 0 Å². The zero-order valence-electron chi connectivity index (χ0n) is 25.5. The molecule has 0 fully saturated rings. The fourth-order valence-electron chi connectivity index (χ4n) is 6.11. The molecule has 9 rings (SSSR count). The van der Waals surface area contributed by atoms with Crippen LogP contribution in [0.2, 0.25) is 0 Å². The van der Waals surface area contributed by atoms with Crippen LogP contribution in [0.3, 0.4) is 0 Å². The van der Waals surface area contributed by atoms with Gasteiger partial charge in [-0.1, -0.05) is 127 Å². The lowest BCUT2D eigenvalue weighted by molar-refractivity contribution is 1.07. The van der Waals surface area contributed by atoms with E-state index in [0.717, 1.165) is 49.2 Å². The number of hydrogen-bond acceptors (Lipinski definition) is 6. The lowest BCUT2D eigenvalue weighted by Crippen LogP contribution is -2.13. The van der Waals surface area contributed by atoms with Crippen molar-refractivity contribution >= 4 is 37.4 Å². The van der Waals surface area contributed by atoms with Crippen molar-refractivity contribution in [2.24, 2.45) is 0 Å². The Morgan fingerprint density at radius 3 is 1.58 bits per heavy atom. The Kier molecular flexibility index (Phi) is 6.69. The number of thiazole rings is 1. The first-order valence-corrected chi connectivity index (χ1v) is 16.4. The van der Waals surface area contributed by atoms with Crippen molar-refractivity contribution in [2.75, 3.05) is 0 Å². The molecule has 0 saturated carbocycles. The normalized spacial score (nSPS) is 11.4. The van der Waals surface area contributed by atoms with Crippen molar-refractivity contribution in [3.63, 3.8) is 0 Å². The number of hydrogen-bond donors (Lipinski definition) is 0. The predicted molar refractivity (Wildman–Crippen MR) is 195 cm³/mol. The Morgan fingerprint density at radius 1 is 0.438 bits per heavy atom. The highest BCUT2D eigenvalue weighted by molar-refractivity contribution is 7.23. The van der Waals surface area contributed by atoms with Crippen molar-refractivity contribution in [2.45, 2.75) is 0 Å². The molecule has 7 heteroatoms. The van der Waals surface area contributed by atoms with Crippen molar-refractivity contribution in [1.82, 2.24) is 24.3 Å². The minimum Gasteiger partial charge on any atom is -0.268 e. The van der Waals surface area contributed by atoms with Crippen LogP contribution in [0.25, 0.3) is 82.5 Å². The van der Waals surface area contributed by atoms with Crippen molar-refractivity contribution < 1.29 is 0 Å². The van der Waals surface area contributed by atoms with E-state index in [-0.39, 0.29) is 5.56 Å². The fraction of sp³-hybridized carbons (Fsp3) is 0. The Labute approximate surface area is 279 Å². The molecule has 9 aromatic rings. The van der Waals surface area contributed by atoms with E-state index in [9.17, 15) is 4.79 Å². The minimum absolute atomic E-state index is 0.0403. The van der Waals surface area contributed by atoms with Gasteiger partial charge < -0.3 is 0 Å². The molecule has 3 aromatic heterocycles. The quantitative estimate of drug-likeness (QED) is 0.188. The molecule has 0 amide bonds. The van der Waals surface area contributed by atoms with Gasteiger partial charge >= 0.3 is 0 Å². The third-order valence-electron chi connectivity index (χ3n) is 8.50. The second-order valence-corrected chi connectivity index (χ2v) is 12.5. The van der Waals surface area contributed by atoms with E-state index in [0.29, 0.717) is 33.3 Å². The van der Waals surface area contributed by atoms with Crippen LogP contribution in [0.15, 0.2) is 156 Å². The van der Waals surface area contributed by atoms with Gasteiger partial charge in [-0.3, -0.25) is 9.20 Å². The monoisotopic (exact) mass is 635 g/mol. The van der Waals surface area contributed by atoms with E-state index < -0.39 is 0 Å². The summed E-state index contributed by atoms with van der Waals surface area (Å²) in [5.41, 5.74) is 8.62. The van der Waals surface area contributed by atoms with Crippen LogP contribution in [-0.4, -0.2) is 24.3 Å². The number of nitrogens with zero attached hydrogens (tertiary/aromatic N) is 5. The van der Waals surface area contributed by atoms with E-state index in [1.807, 2.05) is 103 Å². The van der Waals surface area contributed by atoms with E-state index in [2.05, 4.69) is 48.5 Å². The van der Waals surface area contributed by atoms with Crippen LogP contribution in [0.5, 0.6) is 0 Å². The van der Waals surface area contributed by atoms with E-state index in [1.54, 1.807) is 4.40 Å². The van der Waals surface area contributed by atoms with Crippen molar-refractivity contribution in [3.8, 4) is 56.4 Å². The second-order valence-electron chi connectivity index (χ2n) is 11.5. The Hall–Kier alpha value is -6.31. The van der Waals surface area contributed by atoms with Gasteiger partial charge in [-0.15, -0.1) is 0 Å². The summed E-state index contributed by atoms with van der Waals surface area (Å²) >= 11 is 1.53. The molecule has 3 heterocycles. The van der Waals surface area contributed by atoms with Crippen LogP contribution < -0.4 is 5.56 Å². The number of aromatic nitrogens is 5. The fourth-order valence-corrected chi connectivity index (χ4v) is 7.17. The molecule has 0 aliphatic heterocycles. The van der Waals surface area contributed by atoms with Gasteiger partial charge in [0.05, 0.1) is 21.1 Å². The summed E-state index contributed by atoms with van der Waals surface area (Å²) in [5, 5.41) is 0.624. The van der Waals surface area contributed by atoms with E-state index in [1.165, 1.54) is 11.3 Å². The highest BCUT2D eigenvalue weighted by Gasteiger charge is 2.15. The van der Waals surface area contributed by atoms with Crippen LogP contribution >= 0.6 is 11.3 Å². The molecule has 0 unspecified atom stereocenters. The number of rotatable bonds is 5. The molecular formula is C41H25N5OS. The molecule has 0 spiro atoms. The van der Waals surface area contributed by atoms with Gasteiger partial charge in [-0.05, 0) is 58.7 Å². The third kappa shape index (κ3) is 4.94. The SMILES string of the molecule is O=c1c2ccccc2nc2sc3cc(-c4cccc(-c5cccc(-c6nc(-c7ccccc7)nc(-c7ccccc7)n6)c5)c4)ccc3n12. The maximum Gasteiger partial charge on any atom is 0.266 e. The molecule has 0 bridgehead atoms. The molecule has 0 N–H and O–H groups in total. The molecule has 0 radical (unpaired) electrons. The van der Waals surface area contributed by atoms with E-state index in [4.69, 9.17) is 19.9 Å². The minimum atomic E-state index is -0.0403. The molecular weight excluding hydrogens is 611 g/mol. The third-order valence-corrected chi connectivity index (χ3v) is 9.50. The van der Waals surface area contributed by atoms with Crippen LogP contribution in [-0.2, 0) is 0 Å². The molecule has 0 aliphatic rings. The lowest BCUT2D eigenvalue weighted by atomic mass is 9.98. The molecule has 226 valence electrons. The molecule has 6 nitrogen and oxygen atoms in total. The van der Waals surface area contributed by atoms with Gasteiger partial charge in [0.15, 0.2) is 22.4 Å². The summed E-state index contributed by atoms with van der Waals surface area (Å²) in [6.07, 6.45) is 0. The van der Waals surface area contributed by atoms with Gasteiger partial charge in [0, 0.05) is 16.7 Å². The Balaban J connectivity index is 1.11. The van der Waals surface area contributed by atoms with Crippen molar-refractivity contribution in [3.05, 3.63) is 162 Å². The predicted octanol–water partition coefficient (Wildman–Crippen LogP) is 9.58. The number of fused-ring (bicyclic) bond motifs is 4. The van der Waals surface area contributed by atoms with Crippen LogP contribution in [0, 0.1) is 0 Å². The maximum absolute atomic E-state index is 13.3. The molecule has 0 atom stereocenters. The average molecular weight is 636 g/mol. The first-order chi connectivity index (χ1) is 23.7. The molecule has 0 aliphatic carbocycles. The van der Waals surface area contributed by atoms with Gasteiger partial charge in [0.2, 0.25) is 0 Å². The first-order valence-electron chi connectivity index (χ1n) is 15.6. The second kappa shape index (κ2) is 11.5. The molecule has 48 heavy (non-hydrogen) atoms. The highest BCUT2D eigenvalue weighted by Crippen LogP contribution is 2.33. The van der Waals surface area contributed by atoms with Gasteiger partial charge in [0.1, 0.15) is 0 Å². The lowest BCUT2D eigenvalue weighted by Gasteiger charge is -2.10. The van der Waals surface area contributed by atoms with Crippen LogP contribution in [0.1, 0.15) is 0 Å². The number of para-hydroxylation sites is 1. The largest absolute Gasteiger partial charge is 0.268 e. The number of benzene rings is 6. The zero-order chi connectivity index (χ0) is 32.0. The maximum atomic E-state index is 13.3. The topological polar surface area (TPSA) is 73.0 Å². The smallest absolute Gasteiger partial charge is 0.266 e. The Bertz CT molecular complexity index is 2640. The summed E-state index contributed by atoms with van der Waals surface area (Å²) in [5.74, 6) is 1.88. The standard InChI is InChI=1S/C41H25N5OS/c47-40-33-19-7-8-20-34(33)42-41-46(40)35-22-21-31(25-36(35)48-41)29-16-9-15-28(23-29)30-17-10-18-32(24-30)39-44-37(26-11-3-1-4-12-26)43-38(45-39)27-13-5-2-6-14-27/h1-25H. The summed E-state index contributed by atoms with van der Waals surface area (Å²) in [7, 11) is 0. The first kappa shape index (κ1) is 28.0.